The highest BCUT2D eigenvalue weighted by molar-refractivity contribution is 7.99. The molecular formula is C17H34O2S. The highest BCUT2D eigenvalue weighted by Gasteiger charge is 2.11. The summed E-state index contributed by atoms with van der Waals surface area (Å²) in [5.41, 5.74) is 0. The third-order valence-electron chi connectivity index (χ3n) is 3.41. The number of rotatable bonds is 13. The largest absolute Gasteiger partial charge is 0.466 e. The average molecular weight is 303 g/mol. The Kier molecular flexibility index (Phi) is 13.7. The van der Waals surface area contributed by atoms with Gasteiger partial charge in [-0.25, -0.2) is 0 Å². The van der Waals surface area contributed by atoms with Crippen molar-refractivity contribution in [2.75, 3.05) is 12.4 Å². The molecule has 2 nitrogen and oxygen atoms in total. The van der Waals surface area contributed by atoms with E-state index in [1.165, 1.54) is 44.3 Å². The Morgan fingerprint density at radius 2 is 1.80 bits per heavy atom. The molecule has 20 heavy (non-hydrogen) atoms. The van der Waals surface area contributed by atoms with E-state index in [1.807, 2.05) is 6.92 Å². The predicted molar refractivity (Wildman–Crippen MR) is 90.3 cm³/mol. The Balaban J connectivity index is 3.84. The summed E-state index contributed by atoms with van der Waals surface area (Å²) in [6, 6.07) is 0. The Hall–Kier alpha value is -0.180. The second-order valence-corrected chi connectivity index (χ2v) is 7.30. The molecule has 120 valence electrons. The standard InChI is InChI=1S/C17H34O2S/c1-5-7-8-9-14-20-16(11-10-15(3)4)12-13-19-17(18)6-2/h15-16H,5-14H2,1-4H3. The zero-order chi connectivity index (χ0) is 15.2. The van der Waals surface area contributed by atoms with E-state index in [2.05, 4.69) is 32.5 Å². The molecule has 3 heteroatoms. The second-order valence-electron chi connectivity index (χ2n) is 5.89. The number of hydrogen-bond donors (Lipinski definition) is 0. The van der Waals surface area contributed by atoms with Gasteiger partial charge in [-0.2, -0.15) is 11.8 Å². The number of unbranched alkanes of at least 4 members (excludes halogenated alkanes) is 3. The van der Waals surface area contributed by atoms with Crippen molar-refractivity contribution in [2.45, 2.75) is 84.3 Å². The summed E-state index contributed by atoms with van der Waals surface area (Å²) in [4.78, 5) is 11.2. The Morgan fingerprint density at radius 3 is 2.40 bits per heavy atom. The van der Waals surface area contributed by atoms with Crippen molar-refractivity contribution in [3.05, 3.63) is 0 Å². The minimum atomic E-state index is -0.0689. The zero-order valence-corrected chi connectivity index (χ0v) is 14.8. The van der Waals surface area contributed by atoms with Gasteiger partial charge in [-0.3, -0.25) is 4.79 Å². The number of esters is 1. The molecule has 0 aliphatic rings. The fourth-order valence-electron chi connectivity index (χ4n) is 2.02. The normalized spacial score (nSPS) is 12.7. The minimum absolute atomic E-state index is 0.0689. The van der Waals surface area contributed by atoms with Crippen molar-refractivity contribution in [3.63, 3.8) is 0 Å². The smallest absolute Gasteiger partial charge is 0.305 e. The van der Waals surface area contributed by atoms with Gasteiger partial charge in [0.2, 0.25) is 0 Å². The molecule has 0 fully saturated rings. The number of thioether (sulfide) groups is 1. The molecule has 0 heterocycles. The van der Waals surface area contributed by atoms with Gasteiger partial charge in [0.25, 0.3) is 0 Å². The van der Waals surface area contributed by atoms with Gasteiger partial charge in [-0.15, -0.1) is 0 Å². The van der Waals surface area contributed by atoms with Crippen LogP contribution in [0.25, 0.3) is 0 Å². The maximum Gasteiger partial charge on any atom is 0.305 e. The van der Waals surface area contributed by atoms with Crippen LogP contribution >= 0.6 is 11.8 Å². The molecule has 0 N–H and O–H groups in total. The molecule has 0 amide bonds. The van der Waals surface area contributed by atoms with Crippen molar-refractivity contribution >= 4 is 17.7 Å². The van der Waals surface area contributed by atoms with Crippen LogP contribution in [0.15, 0.2) is 0 Å². The van der Waals surface area contributed by atoms with Crippen LogP contribution in [-0.2, 0) is 9.53 Å². The monoisotopic (exact) mass is 302 g/mol. The molecule has 0 bridgehead atoms. The van der Waals surface area contributed by atoms with Crippen LogP contribution in [-0.4, -0.2) is 23.6 Å². The van der Waals surface area contributed by atoms with E-state index >= 15 is 0 Å². The molecule has 1 atom stereocenters. The number of ether oxygens (including phenoxy) is 1. The lowest BCUT2D eigenvalue weighted by Crippen LogP contribution is -2.12. The van der Waals surface area contributed by atoms with Crippen LogP contribution in [0.3, 0.4) is 0 Å². The third kappa shape index (κ3) is 12.8. The lowest BCUT2D eigenvalue weighted by Gasteiger charge is -2.17. The summed E-state index contributed by atoms with van der Waals surface area (Å²) < 4.78 is 5.22. The number of carbonyl (C=O) groups excluding carboxylic acids is 1. The van der Waals surface area contributed by atoms with Crippen molar-refractivity contribution < 1.29 is 9.53 Å². The second kappa shape index (κ2) is 13.8. The van der Waals surface area contributed by atoms with E-state index in [4.69, 9.17) is 4.74 Å². The van der Waals surface area contributed by atoms with Crippen molar-refractivity contribution in [1.29, 1.82) is 0 Å². The SMILES string of the molecule is CCCCCCSC(CCOC(=O)CC)CCC(C)C. The first-order valence-corrected chi connectivity index (χ1v) is 9.42. The summed E-state index contributed by atoms with van der Waals surface area (Å²) in [6.45, 7) is 9.25. The number of carbonyl (C=O) groups is 1. The summed E-state index contributed by atoms with van der Waals surface area (Å²) in [5, 5.41) is 0.656. The number of hydrogen-bond acceptors (Lipinski definition) is 3. The van der Waals surface area contributed by atoms with Crippen LogP contribution in [0.1, 0.15) is 79.1 Å². The van der Waals surface area contributed by atoms with E-state index in [-0.39, 0.29) is 5.97 Å². The van der Waals surface area contributed by atoms with Gasteiger partial charge in [0.15, 0.2) is 0 Å². The van der Waals surface area contributed by atoms with Crippen LogP contribution < -0.4 is 0 Å². The highest BCUT2D eigenvalue weighted by atomic mass is 32.2. The van der Waals surface area contributed by atoms with Gasteiger partial charge in [0, 0.05) is 11.7 Å². The van der Waals surface area contributed by atoms with Crippen LogP contribution in [0.2, 0.25) is 0 Å². The minimum Gasteiger partial charge on any atom is -0.466 e. The molecule has 0 saturated heterocycles. The summed E-state index contributed by atoms with van der Waals surface area (Å²) in [5.74, 6) is 1.95. The maximum atomic E-state index is 11.2. The summed E-state index contributed by atoms with van der Waals surface area (Å²) >= 11 is 2.08. The fourth-order valence-corrected chi connectivity index (χ4v) is 3.29. The molecule has 0 saturated carbocycles. The van der Waals surface area contributed by atoms with Crippen molar-refractivity contribution in [1.82, 2.24) is 0 Å². The lowest BCUT2D eigenvalue weighted by molar-refractivity contribution is -0.143. The van der Waals surface area contributed by atoms with E-state index in [0.29, 0.717) is 18.3 Å². The van der Waals surface area contributed by atoms with Crippen LogP contribution in [0.5, 0.6) is 0 Å². The molecule has 0 aromatic heterocycles. The van der Waals surface area contributed by atoms with E-state index in [1.54, 1.807) is 0 Å². The molecule has 0 aromatic rings. The van der Waals surface area contributed by atoms with Gasteiger partial charge in [-0.1, -0.05) is 47.0 Å². The van der Waals surface area contributed by atoms with Crippen molar-refractivity contribution in [3.8, 4) is 0 Å². The average Bonchev–Trinajstić information content (AvgIpc) is 2.43. The Morgan fingerprint density at radius 1 is 1.05 bits per heavy atom. The molecule has 0 aliphatic heterocycles. The molecule has 0 aliphatic carbocycles. The first-order chi connectivity index (χ1) is 9.60. The predicted octanol–water partition coefficient (Wildman–Crippen LogP) is 5.45. The molecule has 0 rings (SSSR count). The fraction of sp³-hybridized carbons (Fsp3) is 0.941. The van der Waals surface area contributed by atoms with Gasteiger partial charge in [0.1, 0.15) is 0 Å². The molecule has 0 aromatic carbocycles. The van der Waals surface area contributed by atoms with Gasteiger partial charge < -0.3 is 4.74 Å². The van der Waals surface area contributed by atoms with Crippen molar-refractivity contribution in [2.24, 2.45) is 5.92 Å². The van der Waals surface area contributed by atoms with Gasteiger partial charge in [0.05, 0.1) is 6.61 Å². The van der Waals surface area contributed by atoms with Gasteiger partial charge in [-0.05, 0) is 37.4 Å². The Labute approximate surface area is 130 Å². The van der Waals surface area contributed by atoms with Gasteiger partial charge >= 0.3 is 5.97 Å². The highest BCUT2D eigenvalue weighted by Crippen LogP contribution is 2.23. The molecule has 0 radical (unpaired) electrons. The first kappa shape index (κ1) is 19.8. The van der Waals surface area contributed by atoms with Crippen LogP contribution in [0.4, 0.5) is 0 Å². The first-order valence-electron chi connectivity index (χ1n) is 8.37. The lowest BCUT2D eigenvalue weighted by atomic mass is 10.1. The third-order valence-corrected chi connectivity index (χ3v) is 4.88. The van der Waals surface area contributed by atoms with E-state index in [0.717, 1.165) is 12.3 Å². The maximum absolute atomic E-state index is 11.2. The summed E-state index contributed by atoms with van der Waals surface area (Å²) in [7, 11) is 0. The quantitative estimate of drug-likeness (QED) is 0.334. The van der Waals surface area contributed by atoms with Crippen LogP contribution in [0, 0.1) is 5.92 Å². The Bertz CT molecular complexity index is 229. The molecular weight excluding hydrogens is 268 g/mol. The molecule has 0 spiro atoms. The van der Waals surface area contributed by atoms with E-state index in [9.17, 15) is 4.79 Å². The van der Waals surface area contributed by atoms with E-state index < -0.39 is 0 Å². The summed E-state index contributed by atoms with van der Waals surface area (Å²) in [6.07, 6.45) is 9.35. The zero-order valence-electron chi connectivity index (χ0n) is 14.0. The topological polar surface area (TPSA) is 26.3 Å². The molecule has 1 unspecified atom stereocenters.